The van der Waals surface area contributed by atoms with Crippen LogP contribution in [0.4, 0.5) is 0 Å². The summed E-state index contributed by atoms with van der Waals surface area (Å²) in [6.07, 6.45) is 1.18. The maximum atomic E-state index is 3.24. The van der Waals surface area contributed by atoms with E-state index in [0.717, 1.165) is 19.6 Å². The number of aryl methyl sites for hydroxylation is 1. The van der Waals surface area contributed by atoms with Crippen molar-refractivity contribution in [2.24, 2.45) is 0 Å². The van der Waals surface area contributed by atoms with Gasteiger partial charge in [0, 0.05) is 35.9 Å². The first-order valence-electron chi connectivity index (χ1n) is 7.28. The van der Waals surface area contributed by atoms with E-state index in [1.54, 1.807) is 0 Å². The monoisotopic (exact) mass is 286 g/mol. The molecule has 2 heterocycles. The van der Waals surface area contributed by atoms with Crippen LogP contribution < -0.4 is 5.32 Å². The molecule has 2 nitrogen and oxygen atoms in total. The molecule has 0 spiro atoms. The fourth-order valence-electron chi connectivity index (χ4n) is 2.94. The number of benzene rings is 1. The molecule has 0 saturated carbocycles. The van der Waals surface area contributed by atoms with Crippen molar-refractivity contribution in [2.45, 2.75) is 33.0 Å². The summed E-state index contributed by atoms with van der Waals surface area (Å²) in [5.74, 6) is 0. The second-order valence-corrected chi connectivity index (χ2v) is 6.89. The molecule has 0 bridgehead atoms. The van der Waals surface area contributed by atoms with Gasteiger partial charge in [-0.15, -0.1) is 11.3 Å². The lowest BCUT2D eigenvalue weighted by Gasteiger charge is -2.28. The highest BCUT2D eigenvalue weighted by Gasteiger charge is 2.17. The highest BCUT2D eigenvalue weighted by atomic mass is 32.1. The maximum Gasteiger partial charge on any atom is 0.0296 e. The van der Waals surface area contributed by atoms with E-state index in [-0.39, 0.29) is 0 Å². The van der Waals surface area contributed by atoms with Crippen LogP contribution >= 0.6 is 11.3 Å². The fraction of sp³-hybridized carbons (Fsp3) is 0.412. The lowest BCUT2D eigenvalue weighted by Crippen LogP contribution is -2.30. The molecule has 0 saturated heterocycles. The number of nitrogens with one attached hydrogen (secondary N) is 1. The average molecular weight is 286 g/mol. The van der Waals surface area contributed by atoms with Gasteiger partial charge in [0.25, 0.3) is 0 Å². The molecule has 1 N–H and O–H groups in total. The lowest BCUT2D eigenvalue weighted by molar-refractivity contribution is 0.245. The van der Waals surface area contributed by atoms with Crippen LogP contribution in [0.25, 0.3) is 0 Å². The van der Waals surface area contributed by atoms with Crippen molar-refractivity contribution in [1.29, 1.82) is 0 Å². The summed E-state index contributed by atoms with van der Waals surface area (Å²) in [7, 11) is 2.01. The SMILES string of the molecule is CNCc1cc(CN2CCc3ccccc3C2)c(C)s1. The van der Waals surface area contributed by atoms with Gasteiger partial charge in [-0.2, -0.15) is 0 Å². The molecule has 1 aliphatic rings. The van der Waals surface area contributed by atoms with E-state index in [4.69, 9.17) is 0 Å². The second kappa shape index (κ2) is 6.08. The van der Waals surface area contributed by atoms with E-state index in [1.807, 2.05) is 18.4 Å². The highest BCUT2D eigenvalue weighted by molar-refractivity contribution is 7.12. The van der Waals surface area contributed by atoms with E-state index in [2.05, 4.69) is 47.5 Å². The van der Waals surface area contributed by atoms with E-state index >= 15 is 0 Å². The quantitative estimate of drug-likeness (QED) is 0.927. The number of thiophene rings is 1. The van der Waals surface area contributed by atoms with Crippen molar-refractivity contribution in [3.63, 3.8) is 0 Å². The number of hydrogen-bond acceptors (Lipinski definition) is 3. The predicted octanol–water partition coefficient (Wildman–Crippen LogP) is 3.33. The molecule has 3 heteroatoms. The molecule has 1 aromatic heterocycles. The Morgan fingerprint density at radius 1 is 1.25 bits per heavy atom. The van der Waals surface area contributed by atoms with E-state index < -0.39 is 0 Å². The molecule has 2 aromatic rings. The maximum absolute atomic E-state index is 3.24. The van der Waals surface area contributed by atoms with Crippen molar-refractivity contribution in [2.75, 3.05) is 13.6 Å². The van der Waals surface area contributed by atoms with Crippen LogP contribution in [-0.4, -0.2) is 18.5 Å². The van der Waals surface area contributed by atoms with Crippen molar-refractivity contribution in [3.05, 3.63) is 56.8 Å². The third kappa shape index (κ3) is 2.95. The molecule has 106 valence electrons. The van der Waals surface area contributed by atoms with Crippen molar-refractivity contribution in [3.8, 4) is 0 Å². The molecule has 0 atom stereocenters. The summed E-state index contributed by atoms with van der Waals surface area (Å²) in [5.41, 5.74) is 4.53. The summed E-state index contributed by atoms with van der Waals surface area (Å²) in [5, 5.41) is 3.24. The van der Waals surface area contributed by atoms with Gasteiger partial charge < -0.3 is 5.32 Å². The number of hydrogen-bond donors (Lipinski definition) is 1. The molecule has 1 aliphatic heterocycles. The van der Waals surface area contributed by atoms with Crippen LogP contribution in [0, 0.1) is 6.92 Å². The molecule has 0 amide bonds. The predicted molar refractivity (Wildman–Crippen MR) is 86.1 cm³/mol. The normalized spacial score (nSPS) is 15.3. The third-order valence-corrected chi connectivity index (χ3v) is 5.12. The van der Waals surface area contributed by atoms with Gasteiger partial charge in [0.05, 0.1) is 0 Å². The summed E-state index contributed by atoms with van der Waals surface area (Å²) in [6, 6.07) is 11.2. The van der Waals surface area contributed by atoms with E-state index in [1.165, 1.54) is 39.4 Å². The Kier molecular flexibility index (Phi) is 4.20. The minimum Gasteiger partial charge on any atom is -0.315 e. The molecule has 0 aliphatic carbocycles. The largest absolute Gasteiger partial charge is 0.315 e. The van der Waals surface area contributed by atoms with Crippen LogP contribution in [0.1, 0.15) is 26.4 Å². The standard InChI is InChI=1S/C17H22N2S/c1-13-16(9-17(20-13)10-18-2)12-19-8-7-14-5-3-4-6-15(14)11-19/h3-6,9,18H,7-8,10-12H2,1-2H3. The molecule has 0 radical (unpaired) electrons. The second-order valence-electron chi connectivity index (χ2n) is 5.55. The molecular formula is C17H22N2S. The average Bonchev–Trinajstić information content (AvgIpc) is 2.79. The van der Waals surface area contributed by atoms with Gasteiger partial charge in [0.1, 0.15) is 0 Å². The molecule has 1 aromatic carbocycles. The van der Waals surface area contributed by atoms with E-state index in [0.29, 0.717) is 0 Å². The zero-order chi connectivity index (χ0) is 13.9. The Hall–Kier alpha value is -1.16. The summed E-state index contributed by atoms with van der Waals surface area (Å²) >= 11 is 1.92. The van der Waals surface area contributed by atoms with Gasteiger partial charge in [-0.05, 0) is 43.1 Å². The van der Waals surface area contributed by atoms with Crippen LogP contribution in [0.3, 0.4) is 0 Å². The van der Waals surface area contributed by atoms with Gasteiger partial charge in [-0.1, -0.05) is 24.3 Å². The first-order chi connectivity index (χ1) is 9.76. The molecule has 0 unspecified atom stereocenters. The Bertz CT molecular complexity index is 588. The number of nitrogens with zero attached hydrogens (tertiary/aromatic N) is 1. The molecule has 0 fully saturated rings. The molecule has 20 heavy (non-hydrogen) atoms. The van der Waals surface area contributed by atoms with Crippen molar-refractivity contribution < 1.29 is 0 Å². The van der Waals surface area contributed by atoms with Crippen LogP contribution in [0.15, 0.2) is 30.3 Å². The van der Waals surface area contributed by atoms with Crippen molar-refractivity contribution in [1.82, 2.24) is 10.2 Å². The van der Waals surface area contributed by atoms with Crippen molar-refractivity contribution >= 4 is 11.3 Å². The van der Waals surface area contributed by atoms with Gasteiger partial charge >= 0.3 is 0 Å². The topological polar surface area (TPSA) is 15.3 Å². The number of fused-ring (bicyclic) bond motifs is 1. The Morgan fingerprint density at radius 2 is 2.05 bits per heavy atom. The van der Waals surface area contributed by atoms with Gasteiger partial charge in [-0.3, -0.25) is 4.90 Å². The first kappa shape index (κ1) is 13.8. The molecule has 3 rings (SSSR count). The minimum atomic E-state index is 0.980. The Balaban J connectivity index is 1.70. The molecular weight excluding hydrogens is 264 g/mol. The van der Waals surface area contributed by atoms with Gasteiger partial charge in [-0.25, -0.2) is 0 Å². The number of rotatable bonds is 4. The summed E-state index contributed by atoms with van der Waals surface area (Å²) < 4.78 is 0. The third-order valence-electron chi connectivity index (χ3n) is 4.03. The van der Waals surface area contributed by atoms with E-state index in [9.17, 15) is 0 Å². The fourth-order valence-corrected chi connectivity index (χ4v) is 4.00. The van der Waals surface area contributed by atoms with Crippen LogP contribution in [0.2, 0.25) is 0 Å². The van der Waals surface area contributed by atoms with Crippen LogP contribution in [0.5, 0.6) is 0 Å². The van der Waals surface area contributed by atoms with Gasteiger partial charge in [0.2, 0.25) is 0 Å². The Labute approximate surface area is 125 Å². The van der Waals surface area contributed by atoms with Crippen LogP contribution in [-0.2, 0) is 26.1 Å². The summed E-state index contributed by atoms with van der Waals surface area (Å²) in [4.78, 5) is 5.48. The highest BCUT2D eigenvalue weighted by Crippen LogP contribution is 2.25. The minimum absolute atomic E-state index is 0.980. The smallest absolute Gasteiger partial charge is 0.0296 e. The lowest BCUT2D eigenvalue weighted by atomic mass is 9.99. The zero-order valence-corrected chi connectivity index (χ0v) is 13.1. The summed E-state index contributed by atoms with van der Waals surface area (Å²) in [6.45, 7) is 6.58. The first-order valence-corrected chi connectivity index (χ1v) is 8.10. The Morgan fingerprint density at radius 3 is 2.85 bits per heavy atom. The van der Waals surface area contributed by atoms with Gasteiger partial charge in [0.15, 0.2) is 0 Å². The zero-order valence-electron chi connectivity index (χ0n) is 12.3.